The summed E-state index contributed by atoms with van der Waals surface area (Å²) in [5.41, 5.74) is 10.5. The van der Waals surface area contributed by atoms with Crippen molar-refractivity contribution in [2.45, 2.75) is 18.9 Å². The van der Waals surface area contributed by atoms with Gasteiger partial charge in [0.2, 0.25) is 0 Å². The number of benzene rings is 2. The number of anilines is 2. The Morgan fingerprint density at radius 3 is 2.48 bits per heavy atom. The van der Waals surface area contributed by atoms with Crippen LogP contribution in [0.2, 0.25) is 5.02 Å². The summed E-state index contributed by atoms with van der Waals surface area (Å²) in [5.74, 6) is -0.431. The van der Waals surface area contributed by atoms with Gasteiger partial charge in [0, 0.05) is 24.5 Å². The molecule has 134 valence electrons. The average molecular weight is 362 g/mol. The maximum Gasteiger partial charge on any atom is 0.306 e. The van der Waals surface area contributed by atoms with Crippen molar-refractivity contribution in [3.8, 4) is 0 Å². The Balaban J connectivity index is 2.47. The van der Waals surface area contributed by atoms with E-state index in [9.17, 15) is 4.79 Å². The van der Waals surface area contributed by atoms with Crippen LogP contribution in [0, 0.1) is 0 Å². The maximum atomic E-state index is 12.0. The van der Waals surface area contributed by atoms with Gasteiger partial charge in [-0.05, 0) is 41.9 Å². The van der Waals surface area contributed by atoms with E-state index in [1.807, 2.05) is 50.5 Å². The summed E-state index contributed by atoms with van der Waals surface area (Å²) in [5, 5.41) is 6.84. The van der Waals surface area contributed by atoms with Crippen molar-refractivity contribution >= 4 is 28.9 Å². The molecular weight excluding hydrogens is 338 g/mol. The second kappa shape index (κ2) is 8.74. The second-order valence-electron chi connectivity index (χ2n) is 5.81. The van der Waals surface area contributed by atoms with Crippen molar-refractivity contribution in [2.24, 2.45) is 0 Å². The smallest absolute Gasteiger partial charge is 0.306 e. The quantitative estimate of drug-likeness (QED) is 0.520. The number of carbonyl (C=O) groups is 1. The minimum Gasteiger partial charge on any atom is -0.469 e. The van der Waals surface area contributed by atoms with Gasteiger partial charge < -0.3 is 21.1 Å². The highest BCUT2D eigenvalue weighted by Gasteiger charge is 2.20. The van der Waals surface area contributed by atoms with Crippen LogP contribution in [0.1, 0.15) is 29.0 Å². The fourth-order valence-electron chi connectivity index (χ4n) is 2.84. The molecule has 5 nitrogen and oxygen atoms in total. The zero-order valence-electron chi connectivity index (χ0n) is 14.7. The molecule has 2 aromatic carbocycles. The largest absolute Gasteiger partial charge is 0.469 e. The molecule has 6 heteroatoms. The van der Waals surface area contributed by atoms with Gasteiger partial charge in [-0.3, -0.25) is 4.79 Å². The fraction of sp³-hybridized carbons (Fsp3) is 0.316. The van der Waals surface area contributed by atoms with Crippen molar-refractivity contribution in [2.75, 3.05) is 32.3 Å². The highest BCUT2D eigenvalue weighted by Crippen LogP contribution is 2.33. The lowest BCUT2D eigenvalue weighted by atomic mass is 9.87. The Hall–Kier alpha value is -2.24. The zero-order chi connectivity index (χ0) is 18.4. The summed E-state index contributed by atoms with van der Waals surface area (Å²) in [6.45, 7) is 0.651. The van der Waals surface area contributed by atoms with Crippen molar-refractivity contribution in [1.29, 1.82) is 0 Å². The van der Waals surface area contributed by atoms with E-state index in [0.29, 0.717) is 17.3 Å². The van der Waals surface area contributed by atoms with Crippen LogP contribution < -0.4 is 16.4 Å². The molecule has 0 aromatic heterocycles. The predicted octanol–water partition coefficient (Wildman–Crippen LogP) is 3.38. The molecule has 0 amide bonds. The van der Waals surface area contributed by atoms with Crippen molar-refractivity contribution in [3.63, 3.8) is 0 Å². The van der Waals surface area contributed by atoms with Crippen molar-refractivity contribution < 1.29 is 9.53 Å². The van der Waals surface area contributed by atoms with E-state index >= 15 is 0 Å². The Kier molecular flexibility index (Phi) is 6.67. The molecule has 4 N–H and O–H groups in total. The lowest BCUT2D eigenvalue weighted by Crippen LogP contribution is -2.12. The standard InChI is InChI=1S/C19H24ClN3O2/c1-22-11-14-8-12(4-6-16(14)20)15(10-19(24)25-3)13-5-7-18(23-2)17(21)9-13/h4-9,15,22-23H,10-11,21H2,1-3H3. The number of nitrogen functional groups attached to an aromatic ring is 1. The molecule has 0 bridgehead atoms. The highest BCUT2D eigenvalue weighted by molar-refractivity contribution is 6.31. The fourth-order valence-corrected chi connectivity index (χ4v) is 3.03. The van der Waals surface area contributed by atoms with E-state index in [0.717, 1.165) is 22.4 Å². The van der Waals surface area contributed by atoms with Crippen molar-refractivity contribution in [1.82, 2.24) is 5.32 Å². The lowest BCUT2D eigenvalue weighted by molar-refractivity contribution is -0.140. The summed E-state index contributed by atoms with van der Waals surface area (Å²) in [6, 6.07) is 11.6. The van der Waals surface area contributed by atoms with Crippen molar-refractivity contribution in [3.05, 3.63) is 58.1 Å². The number of halogens is 1. The minimum atomic E-state index is -0.272. The van der Waals surface area contributed by atoms with E-state index in [1.54, 1.807) is 0 Å². The molecule has 0 heterocycles. The molecule has 0 aliphatic heterocycles. The van der Waals surface area contributed by atoms with Gasteiger partial charge in [0.05, 0.1) is 24.9 Å². The van der Waals surface area contributed by atoms with E-state index in [2.05, 4.69) is 10.6 Å². The molecule has 1 atom stereocenters. The normalized spacial score (nSPS) is 11.8. The molecule has 1 unspecified atom stereocenters. The number of esters is 1. The SMILES string of the molecule is CNCc1cc(C(CC(=O)OC)c2ccc(NC)c(N)c2)ccc1Cl. The van der Waals surface area contributed by atoms with Crippen LogP contribution in [0.5, 0.6) is 0 Å². The van der Waals surface area contributed by atoms with Gasteiger partial charge in [-0.2, -0.15) is 0 Å². The molecule has 0 fully saturated rings. The van der Waals surface area contributed by atoms with E-state index < -0.39 is 0 Å². The van der Waals surface area contributed by atoms with Gasteiger partial charge in [-0.15, -0.1) is 0 Å². The van der Waals surface area contributed by atoms with Gasteiger partial charge >= 0.3 is 5.97 Å². The zero-order valence-corrected chi connectivity index (χ0v) is 15.5. The van der Waals surface area contributed by atoms with Gasteiger partial charge in [0.15, 0.2) is 0 Å². The Morgan fingerprint density at radius 1 is 1.20 bits per heavy atom. The molecule has 0 spiro atoms. The molecular formula is C19H24ClN3O2. The second-order valence-corrected chi connectivity index (χ2v) is 6.22. The molecule has 2 rings (SSSR count). The first kappa shape index (κ1) is 19.1. The first-order chi connectivity index (χ1) is 12.0. The summed E-state index contributed by atoms with van der Waals surface area (Å²) < 4.78 is 4.88. The van der Waals surface area contributed by atoms with Gasteiger partial charge in [0.1, 0.15) is 0 Å². The average Bonchev–Trinajstić information content (AvgIpc) is 2.61. The topological polar surface area (TPSA) is 76.4 Å². The number of hydrogen-bond donors (Lipinski definition) is 3. The predicted molar refractivity (Wildman–Crippen MR) is 103 cm³/mol. The van der Waals surface area contributed by atoms with Crippen LogP contribution >= 0.6 is 11.6 Å². The number of methoxy groups -OCH3 is 1. The molecule has 0 aliphatic carbocycles. The molecule has 0 aliphatic rings. The summed E-state index contributed by atoms with van der Waals surface area (Å²) >= 11 is 6.26. The van der Waals surface area contributed by atoms with Crippen LogP contribution in [-0.4, -0.2) is 27.2 Å². The number of carbonyl (C=O) groups excluding carboxylic acids is 1. The van der Waals surface area contributed by atoms with Gasteiger partial charge in [0.25, 0.3) is 0 Å². The summed E-state index contributed by atoms with van der Waals surface area (Å²) in [6.07, 6.45) is 0.232. The molecule has 25 heavy (non-hydrogen) atoms. The molecule has 0 radical (unpaired) electrons. The summed E-state index contributed by atoms with van der Waals surface area (Å²) in [4.78, 5) is 12.0. The van der Waals surface area contributed by atoms with Crippen LogP contribution in [0.4, 0.5) is 11.4 Å². The maximum absolute atomic E-state index is 12.0. The van der Waals surface area contributed by atoms with E-state index in [1.165, 1.54) is 7.11 Å². The third kappa shape index (κ3) is 4.65. The van der Waals surface area contributed by atoms with Gasteiger partial charge in [-0.1, -0.05) is 29.8 Å². The third-order valence-electron chi connectivity index (χ3n) is 4.19. The third-order valence-corrected chi connectivity index (χ3v) is 4.55. The van der Waals surface area contributed by atoms with E-state index in [4.69, 9.17) is 22.1 Å². The molecule has 0 saturated heterocycles. The molecule has 0 saturated carbocycles. The van der Waals surface area contributed by atoms with Crippen LogP contribution in [-0.2, 0) is 16.1 Å². The first-order valence-corrected chi connectivity index (χ1v) is 8.44. The van der Waals surface area contributed by atoms with Crippen LogP contribution in [0.3, 0.4) is 0 Å². The van der Waals surface area contributed by atoms with Crippen LogP contribution in [0.15, 0.2) is 36.4 Å². The lowest BCUT2D eigenvalue weighted by Gasteiger charge is -2.20. The summed E-state index contributed by atoms with van der Waals surface area (Å²) in [7, 11) is 5.08. The first-order valence-electron chi connectivity index (χ1n) is 8.07. The number of rotatable bonds is 7. The Labute approximate surface area is 153 Å². The minimum absolute atomic E-state index is 0.159. The van der Waals surface area contributed by atoms with Gasteiger partial charge in [-0.25, -0.2) is 0 Å². The van der Waals surface area contributed by atoms with E-state index in [-0.39, 0.29) is 18.3 Å². The number of hydrogen-bond acceptors (Lipinski definition) is 5. The van der Waals surface area contributed by atoms with Crippen LogP contribution in [0.25, 0.3) is 0 Å². The monoisotopic (exact) mass is 361 g/mol. The Bertz CT molecular complexity index is 749. The number of nitrogens with two attached hydrogens (primary N) is 1. The number of ether oxygens (including phenoxy) is 1. The number of nitrogens with one attached hydrogen (secondary N) is 2. The highest BCUT2D eigenvalue weighted by atomic mass is 35.5. The Morgan fingerprint density at radius 2 is 1.88 bits per heavy atom. The molecule has 2 aromatic rings.